The number of para-hydroxylation sites is 2. The first-order chi connectivity index (χ1) is 32.7. The van der Waals surface area contributed by atoms with Gasteiger partial charge in [0.1, 0.15) is 4.83 Å². The van der Waals surface area contributed by atoms with Crippen molar-refractivity contribution >= 4 is 64.3 Å². The van der Waals surface area contributed by atoms with E-state index in [4.69, 9.17) is 24.9 Å². The quantitative estimate of drug-likeness (QED) is 0.160. The van der Waals surface area contributed by atoms with E-state index in [1.54, 1.807) is 11.3 Å². The molecule has 0 atom stereocenters. The average molecular weight is 861 g/mol. The van der Waals surface area contributed by atoms with Gasteiger partial charge in [0.2, 0.25) is 0 Å². The van der Waals surface area contributed by atoms with Gasteiger partial charge in [0, 0.05) is 61.4 Å². The van der Waals surface area contributed by atoms with Gasteiger partial charge in [-0.05, 0) is 58.8 Å². The number of nitrogens with zero attached hydrogens (tertiary/aromatic N) is 6. The van der Waals surface area contributed by atoms with Crippen LogP contribution in [-0.2, 0) is 0 Å². The average Bonchev–Trinajstić information content (AvgIpc) is 3.94. The Morgan fingerprint density at radius 1 is 0.364 bits per heavy atom. The first-order valence-electron chi connectivity index (χ1n) is 22.0. The van der Waals surface area contributed by atoms with E-state index in [2.05, 4.69) is 193 Å². The van der Waals surface area contributed by atoms with Crippen LogP contribution in [0.15, 0.2) is 219 Å². The summed E-state index contributed by atoms with van der Waals surface area (Å²) in [4.78, 5) is 26.8. The lowest BCUT2D eigenvalue weighted by molar-refractivity contribution is 1.16. The number of aromatic nitrogens is 6. The molecule has 0 aliphatic heterocycles. The molecule has 0 aliphatic carbocycles. The number of rotatable bonds is 7. The molecule has 8 aromatic carbocycles. The summed E-state index contributed by atoms with van der Waals surface area (Å²) < 4.78 is 3.37. The maximum atomic E-state index is 5.27. The van der Waals surface area contributed by atoms with Crippen molar-refractivity contribution in [3.05, 3.63) is 219 Å². The second-order valence-electron chi connectivity index (χ2n) is 16.5. The van der Waals surface area contributed by atoms with Crippen LogP contribution in [0.5, 0.6) is 0 Å². The number of hydrogen-bond acceptors (Lipinski definition) is 6. The number of thiophene rings is 1. The summed E-state index contributed by atoms with van der Waals surface area (Å²) >= 11 is 1.64. The maximum Gasteiger partial charge on any atom is 0.160 e. The molecule has 0 bridgehead atoms. The molecule has 7 heteroatoms. The molecule has 0 saturated carbocycles. The highest BCUT2D eigenvalue weighted by Crippen LogP contribution is 2.41. The normalized spacial score (nSPS) is 11.6. The van der Waals surface area contributed by atoms with E-state index < -0.39 is 0 Å². The van der Waals surface area contributed by atoms with Gasteiger partial charge in [-0.1, -0.05) is 170 Å². The zero-order chi connectivity index (χ0) is 43.6. The molecule has 0 spiro atoms. The van der Waals surface area contributed by atoms with Gasteiger partial charge in [-0.3, -0.25) is 0 Å². The van der Waals surface area contributed by atoms with Crippen molar-refractivity contribution in [3.63, 3.8) is 0 Å². The van der Waals surface area contributed by atoms with Gasteiger partial charge >= 0.3 is 0 Å². The zero-order valence-corrected chi connectivity index (χ0v) is 36.2. The summed E-state index contributed by atoms with van der Waals surface area (Å²) in [6, 6.07) is 74.2. The Balaban J connectivity index is 0.900. The lowest BCUT2D eigenvalue weighted by Gasteiger charge is -2.12. The van der Waals surface area contributed by atoms with E-state index in [9.17, 15) is 0 Å². The molecule has 5 aromatic heterocycles. The maximum absolute atomic E-state index is 5.27. The number of hydrogen-bond donors (Lipinski definition) is 0. The lowest BCUT2D eigenvalue weighted by Crippen LogP contribution is -1.98. The molecular weight excluding hydrogens is 825 g/mol. The van der Waals surface area contributed by atoms with Crippen LogP contribution in [0.2, 0.25) is 0 Å². The first-order valence-corrected chi connectivity index (χ1v) is 22.8. The topological polar surface area (TPSA) is 69.4 Å². The van der Waals surface area contributed by atoms with Gasteiger partial charge in [0.05, 0.1) is 38.3 Å². The van der Waals surface area contributed by atoms with Crippen LogP contribution in [0.4, 0.5) is 0 Å². The van der Waals surface area contributed by atoms with Crippen LogP contribution in [-0.4, -0.2) is 29.5 Å². The SMILES string of the molecule is c1ccc(-c2nc(-c3ccc(-c4cnc5sc6c(-c7ccccc7)nc(-c7ccc8ccccc8c7)nc6c5c4)cc3)cc(-c3cccc(-n4c5ccccc5c5ccccc54)c3)n2)cc1. The molecule has 0 radical (unpaired) electrons. The highest BCUT2D eigenvalue weighted by molar-refractivity contribution is 7.25. The molecule has 66 heavy (non-hydrogen) atoms. The van der Waals surface area contributed by atoms with Gasteiger partial charge in [-0.2, -0.15) is 0 Å². The number of fused-ring (bicyclic) bond motifs is 7. The molecule has 0 aliphatic rings. The predicted octanol–water partition coefficient (Wildman–Crippen LogP) is 15.3. The van der Waals surface area contributed by atoms with Crippen molar-refractivity contribution in [2.75, 3.05) is 0 Å². The Morgan fingerprint density at radius 3 is 1.73 bits per heavy atom. The Labute approximate surface area is 383 Å². The van der Waals surface area contributed by atoms with Gasteiger partial charge < -0.3 is 4.57 Å². The molecule has 0 unspecified atom stereocenters. The minimum atomic E-state index is 0.674. The predicted molar refractivity (Wildman–Crippen MR) is 273 cm³/mol. The molecule has 0 amide bonds. The second kappa shape index (κ2) is 15.6. The third kappa shape index (κ3) is 6.52. The van der Waals surface area contributed by atoms with Crippen LogP contribution >= 0.6 is 11.3 Å². The van der Waals surface area contributed by atoms with Crippen molar-refractivity contribution in [1.29, 1.82) is 0 Å². The monoisotopic (exact) mass is 860 g/mol. The molecular formula is C59H36N6S. The molecule has 13 aromatic rings. The van der Waals surface area contributed by atoms with Gasteiger partial charge in [-0.15, -0.1) is 11.3 Å². The third-order valence-electron chi connectivity index (χ3n) is 12.5. The van der Waals surface area contributed by atoms with E-state index in [0.29, 0.717) is 11.6 Å². The summed E-state index contributed by atoms with van der Waals surface area (Å²) in [6.07, 6.45) is 1.97. The number of pyridine rings is 1. The van der Waals surface area contributed by atoms with E-state index >= 15 is 0 Å². The van der Waals surface area contributed by atoms with E-state index in [1.807, 2.05) is 30.5 Å². The summed E-state index contributed by atoms with van der Waals surface area (Å²) in [5.41, 5.74) is 14.0. The molecule has 6 nitrogen and oxygen atoms in total. The fourth-order valence-electron chi connectivity index (χ4n) is 9.23. The molecule has 0 saturated heterocycles. The van der Waals surface area contributed by atoms with Crippen molar-refractivity contribution < 1.29 is 0 Å². The Kier molecular flexibility index (Phi) is 8.92. The highest BCUT2D eigenvalue weighted by Gasteiger charge is 2.19. The Hall–Kier alpha value is -8.65. The minimum Gasteiger partial charge on any atom is -0.309 e. The smallest absolute Gasteiger partial charge is 0.160 e. The standard InChI is InChI=1S/C59H36N6S/c1-3-15-40(16-4-1)54-56-55(64-58(63-54)44-31-28-37-14-7-8-19-42(37)32-44)49-34-45(36-60-59(49)66-56)38-26-29-39(30-27-38)50-35-51(62-57(61-50)41-17-5-2-6-18-41)43-20-13-21-46(33-43)65-52-24-11-9-22-47(52)48-23-10-12-25-53(48)65/h1-36H. The molecule has 308 valence electrons. The van der Waals surface area contributed by atoms with Gasteiger partial charge in [-0.25, -0.2) is 24.9 Å². The lowest BCUT2D eigenvalue weighted by atomic mass is 10.0. The fraction of sp³-hybridized carbons (Fsp3) is 0. The van der Waals surface area contributed by atoms with Crippen molar-refractivity contribution in [1.82, 2.24) is 29.5 Å². The number of benzene rings is 8. The Bertz CT molecular complexity index is 3940. The van der Waals surface area contributed by atoms with Crippen LogP contribution in [0.3, 0.4) is 0 Å². The molecule has 5 heterocycles. The zero-order valence-electron chi connectivity index (χ0n) is 35.4. The summed E-state index contributed by atoms with van der Waals surface area (Å²) in [7, 11) is 0. The van der Waals surface area contributed by atoms with Crippen LogP contribution < -0.4 is 0 Å². The minimum absolute atomic E-state index is 0.674. The highest BCUT2D eigenvalue weighted by atomic mass is 32.1. The summed E-state index contributed by atoms with van der Waals surface area (Å²) in [5, 5.41) is 5.81. The van der Waals surface area contributed by atoms with Crippen LogP contribution in [0.1, 0.15) is 0 Å². The molecule has 0 N–H and O–H groups in total. The summed E-state index contributed by atoms with van der Waals surface area (Å²) in [5.74, 6) is 1.37. The molecule has 13 rings (SSSR count). The largest absolute Gasteiger partial charge is 0.309 e. The van der Waals surface area contributed by atoms with Gasteiger partial charge in [0.25, 0.3) is 0 Å². The Morgan fingerprint density at radius 2 is 0.970 bits per heavy atom. The van der Waals surface area contributed by atoms with Crippen molar-refractivity contribution in [2.24, 2.45) is 0 Å². The van der Waals surface area contributed by atoms with Crippen molar-refractivity contribution in [2.45, 2.75) is 0 Å². The van der Waals surface area contributed by atoms with Crippen LogP contribution in [0, 0.1) is 0 Å². The van der Waals surface area contributed by atoms with E-state index in [0.717, 1.165) is 87.5 Å². The van der Waals surface area contributed by atoms with E-state index in [1.165, 1.54) is 27.2 Å². The van der Waals surface area contributed by atoms with Gasteiger partial charge in [0.15, 0.2) is 11.6 Å². The third-order valence-corrected chi connectivity index (χ3v) is 13.6. The fourth-order valence-corrected chi connectivity index (χ4v) is 10.3. The second-order valence-corrected chi connectivity index (χ2v) is 17.5. The van der Waals surface area contributed by atoms with E-state index in [-0.39, 0.29) is 0 Å². The van der Waals surface area contributed by atoms with Crippen molar-refractivity contribution in [3.8, 4) is 73.4 Å². The van der Waals surface area contributed by atoms with Crippen LogP contribution in [0.25, 0.3) is 126 Å². The molecule has 0 fully saturated rings. The first kappa shape index (κ1) is 37.9. The summed E-state index contributed by atoms with van der Waals surface area (Å²) in [6.45, 7) is 0.